The number of phenols is 2. The molecule has 3 aliphatic rings. The Bertz CT molecular complexity index is 4680. The number of fused-ring (bicyclic) bond motifs is 15. The van der Waals surface area contributed by atoms with Gasteiger partial charge in [0.2, 0.25) is 0 Å². The van der Waals surface area contributed by atoms with Gasteiger partial charge < -0.3 is 55.7 Å². The molecule has 0 aliphatic heterocycles. The first-order chi connectivity index (χ1) is 49.8. The van der Waals surface area contributed by atoms with Crippen LogP contribution in [0, 0.1) is 0 Å². The van der Waals surface area contributed by atoms with Crippen LogP contribution >= 0.6 is 11.6 Å². The fourth-order valence-corrected chi connectivity index (χ4v) is 11.7. The zero-order valence-corrected chi connectivity index (χ0v) is 60.1. The molecule has 0 fully saturated rings. The normalized spacial score (nSPS) is 12.1. The van der Waals surface area contributed by atoms with Crippen LogP contribution in [0.2, 0.25) is 0 Å². The molecule has 0 amide bonds. The number of para-hydroxylation sites is 6. The van der Waals surface area contributed by atoms with Crippen LogP contribution in [-0.4, -0.2) is 122 Å². The zero-order chi connectivity index (χ0) is 74.0. The first-order valence-corrected chi connectivity index (χ1v) is 30.2. The number of aliphatic hydroxyl groups excluding tert-OH is 2. The summed E-state index contributed by atoms with van der Waals surface area (Å²) in [7, 11) is 4.28. The number of alkyl halides is 1. The van der Waals surface area contributed by atoms with Crippen LogP contribution in [0.5, 0.6) is 28.7 Å². The van der Waals surface area contributed by atoms with E-state index in [-0.39, 0.29) is 151 Å². The number of methoxy groups -OCH3 is 3. The number of aromatic hydroxyl groups is 2. The van der Waals surface area contributed by atoms with Crippen LogP contribution in [0.3, 0.4) is 0 Å². The number of aliphatic hydroxyl groups is 2. The number of carbonyl (C=O) groups excluding carboxylic acids is 4. The minimum atomic E-state index is -0.571. The van der Waals surface area contributed by atoms with Crippen molar-refractivity contribution in [3.8, 4) is 62.9 Å². The van der Waals surface area contributed by atoms with E-state index in [0.29, 0.717) is 33.6 Å². The van der Waals surface area contributed by atoms with Gasteiger partial charge in [0, 0.05) is 52.6 Å². The number of aryl methyl sites for hydroxylation is 6. The summed E-state index contributed by atoms with van der Waals surface area (Å²) in [5.74, 6) is 0.746. The predicted molar refractivity (Wildman–Crippen MR) is 364 cm³/mol. The molecule has 0 unspecified atom stereocenters. The number of aromatic nitrogens is 6. The van der Waals surface area contributed by atoms with Crippen molar-refractivity contribution in [2.45, 2.75) is 45.1 Å². The Morgan fingerprint density at radius 2 is 0.802 bits per heavy atom. The van der Waals surface area contributed by atoms with Crippen LogP contribution in [0.4, 0.5) is 0 Å². The quantitative estimate of drug-likeness (QED) is 0.0311. The van der Waals surface area contributed by atoms with E-state index in [1.54, 1.807) is 31.4 Å². The molecule has 4 N–H and O–H groups in total. The summed E-state index contributed by atoms with van der Waals surface area (Å²) >= 11 is 4.98. The van der Waals surface area contributed by atoms with Crippen molar-refractivity contribution >= 4 is 101 Å². The summed E-state index contributed by atoms with van der Waals surface area (Å²) in [4.78, 5) is 73.3. The zero-order valence-electron chi connectivity index (χ0n) is 62.1. The summed E-state index contributed by atoms with van der Waals surface area (Å²) < 4.78 is 65.6. The maximum absolute atomic E-state index is 11.6. The Kier molecular flexibility index (Phi) is 23.4. The number of ketones is 1. The van der Waals surface area contributed by atoms with Gasteiger partial charge in [0.1, 0.15) is 75.4 Å². The third kappa shape index (κ3) is 16.0. The molecule has 0 atom stereocenters. The standard InChI is InChI=1S/C26H22N2O6.C22H18N2O2.C20H14N2O2.C3H5ClO2.CH2O3.2K.6H2.H/c1-32-22(31)14-34-21-7-3-5-16-11-18-9-8-17-10-15-4-2-6-20(33-13-19(30)12-29)23(15)27-25(17)26(18)28-24(16)21;1-26-18-7-3-5-14-11-16-9-8-15-10-13-4-2-6-17(12-25)19(13)23-21(15)22(16)24-20(14)18;23-15-5-1-3-11-9-13-7-8-14-10-12-4-2-6-16(24)18(12)22-20(14)19(13)21-17(11)15;1-6-3(5)2-4;2-1-4-3;;;;;;;;;/h2-7,10-11,29H,8-9,12-14H2,1H3;2-7,10-11,25H,8-9,12H2,1H3;1-6,9-10,23-24H,7-8H2;2H2,1H3;1,3H;;;6*1H;/q;;;;;2*+1;;;;;;;-1/p-1/i;;;;;;;4*1+1D;2*1+1;. The second-order valence-corrected chi connectivity index (χ2v) is 22.0. The van der Waals surface area contributed by atoms with Crippen LogP contribution in [0.25, 0.3) is 99.6 Å². The summed E-state index contributed by atoms with van der Waals surface area (Å²) in [5, 5.41) is 53.2. The van der Waals surface area contributed by atoms with E-state index in [2.05, 4.69) is 56.8 Å². The van der Waals surface area contributed by atoms with Gasteiger partial charge in [-0.1, -0.05) is 78.9 Å². The maximum Gasteiger partial charge on any atom is 1.00 e. The molecule has 3 aliphatic carbocycles. The van der Waals surface area contributed by atoms with Crippen LogP contribution in [0.1, 0.15) is 55.1 Å². The van der Waals surface area contributed by atoms with Gasteiger partial charge in [-0.05, 0) is 139 Å². The molecule has 0 saturated carbocycles. The van der Waals surface area contributed by atoms with Crippen molar-refractivity contribution in [3.05, 3.63) is 185 Å². The van der Waals surface area contributed by atoms with Crippen molar-refractivity contribution in [1.29, 1.82) is 0 Å². The summed E-state index contributed by atoms with van der Waals surface area (Å²) in [6.07, 6.45) is 5.35. The van der Waals surface area contributed by atoms with Crippen molar-refractivity contribution in [2.75, 3.05) is 47.0 Å². The van der Waals surface area contributed by atoms with Gasteiger partial charge >= 0.3 is 115 Å². The van der Waals surface area contributed by atoms with Crippen molar-refractivity contribution < 1.29 is 192 Å². The van der Waals surface area contributed by atoms with E-state index in [9.17, 15) is 29.7 Å². The fraction of sp³-hybridized carbons (Fsp3) is 0.194. The third-order valence-electron chi connectivity index (χ3n) is 16.0. The number of esters is 2. The number of pyridine rings is 6. The minimum Gasteiger partial charge on any atom is -1.00 e. The number of phenolic OH excluding ortho intramolecular Hbond substituents is 2. The SMILES string of the molecule is COC(=O)CCl.COC(=O)COc1cccc2cc3c(nc12)-c1nc2c(OCC(=O)CO)cccc2cc1CC3.COc1cccc2cc3c(nc12)-c1nc2c(CO)cccc2cc1CC3.O=CO[O-].Oc1cccc2cc3c(nc12)-c1nc2c(O)cccc2cc1CC3.[2HH].[2HH].[2H][2H].[2H][2H].[2H][2H].[2H][2H].[H-].[K+].[K+]. The number of carbonyl (C=O) groups is 4. The number of hydrogen-bond acceptors (Lipinski definition) is 21. The van der Waals surface area contributed by atoms with Crippen molar-refractivity contribution in [3.63, 3.8) is 0 Å². The van der Waals surface area contributed by atoms with Gasteiger partial charge in [-0.2, -0.15) is 0 Å². The Balaban J connectivity index is 0.000000484. The molecular weight excluding hydrogens is 1300 g/mol. The topological polar surface area (TPSA) is 305 Å². The van der Waals surface area contributed by atoms with Gasteiger partial charge in [-0.15, -0.1) is 11.6 Å². The summed E-state index contributed by atoms with van der Waals surface area (Å²) in [6.45, 7) is -1.21. The monoisotopic (exact) mass is 1380 g/mol. The molecule has 0 spiro atoms. The molecule has 6 aromatic carbocycles. The van der Waals surface area contributed by atoms with Crippen molar-refractivity contribution in [1.82, 2.24) is 29.9 Å². The number of nitrogens with zero attached hydrogens (tertiary/aromatic N) is 6. The van der Waals surface area contributed by atoms with Crippen LogP contribution < -0.4 is 122 Å². The smallest absolute Gasteiger partial charge is 1.00 e. The number of benzene rings is 6. The average molecular weight is 1390 g/mol. The Labute approximate surface area is 656 Å². The summed E-state index contributed by atoms with van der Waals surface area (Å²) in [6, 6.07) is 46.6. The molecule has 490 valence electrons. The molecule has 24 heteroatoms. The van der Waals surface area contributed by atoms with Gasteiger partial charge in [0.25, 0.3) is 6.47 Å². The van der Waals surface area contributed by atoms with E-state index in [4.69, 9.17) is 82.8 Å². The molecule has 21 nitrogen and oxygen atoms in total. The number of ether oxygens (including phenoxy) is 5. The number of Topliss-reactive ketones (excluding diaryl/α,β-unsaturated/α-hetero) is 1. The van der Waals surface area contributed by atoms with Gasteiger partial charge in [0.05, 0.1) is 67.6 Å². The Hall–Kier alpha value is -7.70. The van der Waals surface area contributed by atoms with Crippen molar-refractivity contribution in [2.24, 2.45) is 0 Å². The predicted octanol–water partition coefficient (Wildman–Crippen LogP) is 5.48. The first-order valence-electron chi connectivity index (χ1n) is 33.7. The largest absolute Gasteiger partial charge is 1.00 e. The number of rotatable bonds is 11. The van der Waals surface area contributed by atoms with Crippen LogP contribution in [-0.2, 0) is 78.7 Å². The van der Waals surface area contributed by atoms with E-state index >= 15 is 0 Å². The van der Waals surface area contributed by atoms with E-state index in [0.717, 1.165) is 150 Å². The molecule has 6 aromatic heterocycles. The van der Waals surface area contributed by atoms with Gasteiger partial charge in [-0.3, -0.25) is 14.4 Å². The Morgan fingerprint density at radius 1 is 0.490 bits per heavy atom. The average Bonchev–Trinajstić information content (AvgIpc) is 0.770. The van der Waals surface area contributed by atoms with Gasteiger partial charge in [0.15, 0.2) is 12.4 Å². The molecular formula is C72H73ClK2N6O15. The fourth-order valence-electron chi connectivity index (χ4n) is 11.6. The molecule has 96 heavy (non-hydrogen) atoms. The second-order valence-electron chi connectivity index (χ2n) is 21.8. The Morgan fingerprint density at radius 3 is 1.14 bits per heavy atom. The summed E-state index contributed by atoms with van der Waals surface area (Å²) in [5.41, 5.74) is 16.8. The second kappa shape index (κ2) is 33.5. The maximum atomic E-state index is 11.6. The minimum absolute atomic E-state index is 0. The first kappa shape index (κ1) is 66.9. The molecule has 12 aromatic rings. The number of hydrogen-bond donors (Lipinski definition) is 4. The molecule has 0 radical (unpaired) electrons. The van der Waals surface area contributed by atoms with E-state index < -0.39 is 24.3 Å². The molecule has 0 bridgehead atoms. The molecule has 0 saturated heterocycles. The third-order valence-corrected chi connectivity index (χ3v) is 16.3. The van der Waals surface area contributed by atoms with E-state index in [1.165, 1.54) is 25.3 Å². The molecule has 15 rings (SSSR count). The number of halogens is 1. The van der Waals surface area contributed by atoms with E-state index in [1.807, 2.05) is 78.9 Å². The molecule has 6 heterocycles. The van der Waals surface area contributed by atoms with Gasteiger partial charge in [-0.25, -0.2) is 34.7 Å². The van der Waals surface area contributed by atoms with Crippen LogP contribution in [0.15, 0.2) is 146 Å².